The topological polar surface area (TPSA) is 137 Å². The van der Waals surface area contributed by atoms with Crippen LogP contribution < -0.4 is 5.32 Å². The number of Topliss-reactive ketones (excluding diaryl/α,β-unsaturated/α-hetero) is 1. The van der Waals surface area contributed by atoms with Crippen molar-refractivity contribution in [2.45, 2.75) is 75.0 Å². The van der Waals surface area contributed by atoms with Gasteiger partial charge in [0.05, 0.1) is 17.7 Å². The molecule has 3 heterocycles. The molecule has 0 saturated heterocycles. The number of benzene rings is 2. The van der Waals surface area contributed by atoms with E-state index in [1.54, 1.807) is 18.2 Å². The number of nitrogens with zero attached hydrogens (tertiary/aromatic N) is 6. The van der Waals surface area contributed by atoms with Crippen LogP contribution in [0.25, 0.3) is 11.5 Å². The van der Waals surface area contributed by atoms with Crippen molar-refractivity contribution in [2.75, 3.05) is 6.54 Å². The quantitative estimate of drug-likeness (QED) is 0.0963. The first-order valence-corrected chi connectivity index (χ1v) is 18.5. The van der Waals surface area contributed by atoms with Gasteiger partial charge in [-0.15, -0.1) is 10.2 Å². The van der Waals surface area contributed by atoms with E-state index < -0.39 is 37.0 Å². The SMILES string of the molecule is FC(F)c1nnc(-c2cnc(CC3(c4ccc(Cl)cc4Cl)CCC3)nc2)o1.O=C(CNC(=O)C(F)F)c1cnc(CC2(c3ccc(Cl)cc3Cl)CCC2)nc1. The van der Waals surface area contributed by atoms with Gasteiger partial charge in [-0.1, -0.05) is 71.4 Å². The van der Waals surface area contributed by atoms with Gasteiger partial charge in [0, 0.05) is 68.5 Å². The highest BCUT2D eigenvalue weighted by molar-refractivity contribution is 6.35. The van der Waals surface area contributed by atoms with Crippen molar-refractivity contribution < 1.29 is 31.6 Å². The molecule has 2 aromatic carbocycles. The third-order valence-corrected chi connectivity index (χ3v) is 10.9. The number of amides is 1. The van der Waals surface area contributed by atoms with E-state index in [4.69, 9.17) is 50.8 Å². The predicted octanol–water partition coefficient (Wildman–Crippen LogP) is 9.45. The Bertz CT molecular complexity index is 2150. The van der Waals surface area contributed by atoms with E-state index in [0.717, 1.165) is 49.7 Å². The molecular formula is C37H31Cl4F4N7O3. The van der Waals surface area contributed by atoms with Crippen LogP contribution in [0, 0.1) is 0 Å². The molecule has 0 aliphatic heterocycles. The summed E-state index contributed by atoms with van der Waals surface area (Å²) in [5.41, 5.74) is 2.31. The van der Waals surface area contributed by atoms with Gasteiger partial charge in [0.15, 0.2) is 5.78 Å². The summed E-state index contributed by atoms with van der Waals surface area (Å²) in [6.45, 7) is -0.532. The number of hydrogen-bond acceptors (Lipinski definition) is 9. The van der Waals surface area contributed by atoms with Crippen LogP contribution in [0.15, 0.2) is 65.6 Å². The zero-order chi connectivity index (χ0) is 39.3. The van der Waals surface area contributed by atoms with Gasteiger partial charge >= 0.3 is 12.9 Å². The molecule has 2 aliphatic rings. The Morgan fingerprint density at radius 2 is 1.22 bits per heavy atom. The second-order valence-corrected chi connectivity index (χ2v) is 15.0. The standard InChI is InChI=1S/C19H17Cl2F2N3O2.C18H14Cl2F2N4O/c20-12-2-3-13(14(21)6-12)19(4-1-5-19)7-16-24-8-11(9-25-16)15(27)10-26-18(28)17(22)23;19-11-2-3-12(13(20)6-11)18(4-1-5-18)7-14-23-8-10(9-24-14)16-25-26-17(27-16)15(21)22/h2-3,6,8-9,17H,1,4-5,7,10H2,(H,26,28);2-3,6,8-9,15H,1,4-5,7H2. The second kappa shape index (κ2) is 17.3. The number of alkyl halides is 4. The van der Waals surface area contributed by atoms with Crippen LogP contribution in [0.2, 0.25) is 20.1 Å². The smallest absolute Gasteiger partial charge is 0.315 e. The lowest BCUT2D eigenvalue weighted by molar-refractivity contribution is -0.131. The van der Waals surface area contributed by atoms with Gasteiger partial charge < -0.3 is 9.73 Å². The van der Waals surface area contributed by atoms with Gasteiger partial charge in [0.1, 0.15) is 11.6 Å². The Kier molecular flexibility index (Phi) is 12.7. The first-order chi connectivity index (χ1) is 26.3. The molecule has 0 spiro atoms. The van der Waals surface area contributed by atoms with Crippen LogP contribution in [0.5, 0.6) is 0 Å². The molecule has 0 radical (unpaired) electrons. The molecule has 18 heteroatoms. The highest BCUT2D eigenvalue weighted by atomic mass is 35.5. The van der Waals surface area contributed by atoms with Crippen LogP contribution in [0.1, 0.15) is 84.0 Å². The van der Waals surface area contributed by atoms with Crippen molar-refractivity contribution in [3.8, 4) is 11.5 Å². The number of halogens is 8. The number of nitrogens with one attached hydrogen (secondary N) is 1. The average molecular weight is 840 g/mol. The zero-order valence-corrected chi connectivity index (χ0v) is 31.7. The maximum absolute atomic E-state index is 12.6. The minimum absolute atomic E-state index is 0.0315. The summed E-state index contributed by atoms with van der Waals surface area (Å²) in [4.78, 5) is 40.0. The van der Waals surface area contributed by atoms with E-state index >= 15 is 0 Å². The molecule has 5 aromatic rings. The van der Waals surface area contributed by atoms with Crippen LogP contribution in [0.3, 0.4) is 0 Å². The molecule has 0 bridgehead atoms. The lowest BCUT2D eigenvalue weighted by atomic mass is 9.62. The van der Waals surface area contributed by atoms with Crippen molar-refractivity contribution in [3.05, 3.63) is 116 Å². The fraction of sp³-hybridized carbons (Fsp3) is 0.351. The van der Waals surface area contributed by atoms with Crippen molar-refractivity contribution in [1.82, 2.24) is 35.5 Å². The summed E-state index contributed by atoms with van der Waals surface area (Å²) in [6, 6.07) is 11.0. The molecule has 10 nitrogen and oxygen atoms in total. The van der Waals surface area contributed by atoms with Crippen molar-refractivity contribution in [3.63, 3.8) is 0 Å². The zero-order valence-electron chi connectivity index (χ0n) is 28.7. The first-order valence-electron chi connectivity index (χ1n) is 17.0. The van der Waals surface area contributed by atoms with Crippen molar-refractivity contribution >= 4 is 58.1 Å². The van der Waals surface area contributed by atoms with Crippen molar-refractivity contribution in [1.29, 1.82) is 0 Å². The molecule has 2 saturated carbocycles. The molecule has 2 fully saturated rings. The van der Waals surface area contributed by atoms with E-state index in [9.17, 15) is 27.2 Å². The Hall–Kier alpha value is -4.24. The lowest BCUT2D eigenvalue weighted by Crippen LogP contribution is -2.37. The minimum atomic E-state index is -3.16. The number of ketones is 1. The second-order valence-electron chi connectivity index (χ2n) is 13.3. The largest absolute Gasteiger partial charge is 0.415 e. The lowest BCUT2D eigenvalue weighted by Gasteiger charge is -2.42. The number of rotatable bonds is 12. The molecule has 3 aromatic heterocycles. The van der Waals surface area contributed by atoms with Gasteiger partial charge in [-0.2, -0.15) is 17.6 Å². The molecule has 7 rings (SSSR count). The van der Waals surface area contributed by atoms with Gasteiger partial charge in [-0.05, 0) is 61.1 Å². The normalized spacial score (nSPS) is 15.5. The highest BCUT2D eigenvalue weighted by Gasteiger charge is 2.42. The summed E-state index contributed by atoms with van der Waals surface area (Å²) >= 11 is 24.8. The number of aromatic nitrogens is 6. The summed E-state index contributed by atoms with van der Waals surface area (Å²) in [7, 11) is 0. The summed E-state index contributed by atoms with van der Waals surface area (Å²) in [5.74, 6) is -1.59. The van der Waals surface area contributed by atoms with E-state index in [-0.39, 0.29) is 22.3 Å². The molecular weight excluding hydrogens is 808 g/mol. The van der Waals surface area contributed by atoms with Gasteiger partial charge in [-0.3, -0.25) is 9.59 Å². The van der Waals surface area contributed by atoms with E-state index in [2.05, 4.69) is 30.1 Å². The third kappa shape index (κ3) is 9.42. The molecule has 0 atom stereocenters. The highest BCUT2D eigenvalue weighted by Crippen LogP contribution is 2.49. The first kappa shape index (κ1) is 40.4. The third-order valence-electron chi connectivity index (χ3n) is 9.85. The van der Waals surface area contributed by atoms with Gasteiger partial charge in [-0.25, -0.2) is 19.9 Å². The van der Waals surface area contributed by atoms with E-state index in [0.29, 0.717) is 50.1 Å². The monoisotopic (exact) mass is 837 g/mol. The van der Waals surface area contributed by atoms with Gasteiger partial charge in [0.25, 0.3) is 17.7 Å². The maximum atomic E-state index is 12.6. The Balaban J connectivity index is 0.000000187. The fourth-order valence-electron chi connectivity index (χ4n) is 6.67. The Morgan fingerprint density at radius 3 is 1.62 bits per heavy atom. The molecule has 288 valence electrons. The van der Waals surface area contributed by atoms with E-state index in [1.807, 2.05) is 23.5 Å². The van der Waals surface area contributed by atoms with Crippen LogP contribution in [0.4, 0.5) is 17.6 Å². The maximum Gasteiger partial charge on any atom is 0.315 e. The van der Waals surface area contributed by atoms with Gasteiger partial charge in [0.2, 0.25) is 0 Å². The van der Waals surface area contributed by atoms with Crippen molar-refractivity contribution in [2.24, 2.45) is 0 Å². The molecule has 2 aliphatic carbocycles. The summed E-state index contributed by atoms with van der Waals surface area (Å²) < 4.78 is 54.4. The van der Waals surface area contributed by atoms with Crippen LogP contribution in [-0.2, 0) is 28.5 Å². The number of hydrogen-bond donors (Lipinski definition) is 1. The Labute approximate surface area is 332 Å². The number of carbonyl (C=O) groups is 2. The average Bonchev–Trinajstić information content (AvgIpc) is 3.63. The molecule has 1 amide bonds. The predicted molar refractivity (Wildman–Crippen MR) is 197 cm³/mol. The molecule has 1 N–H and O–H groups in total. The number of carbonyl (C=O) groups excluding carboxylic acids is 2. The van der Waals surface area contributed by atoms with Crippen LogP contribution in [-0.4, -0.2) is 54.8 Å². The molecule has 0 unspecified atom stereocenters. The summed E-state index contributed by atoms with van der Waals surface area (Å²) in [5, 5.41) is 11.2. The minimum Gasteiger partial charge on any atom is -0.415 e. The van der Waals surface area contributed by atoms with E-state index in [1.165, 1.54) is 24.8 Å². The Morgan fingerprint density at radius 1 is 0.727 bits per heavy atom. The summed E-state index contributed by atoms with van der Waals surface area (Å²) in [6.07, 6.45) is 6.93. The molecule has 55 heavy (non-hydrogen) atoms. The fourth-order valence-corrected chi connectivity index (χ4v) is 7.88. The van der Waals surface area contributed by atoms with Crippen LogP contribution >= 0.6 is 46.4 Å².